The van der Waals surface area contributed by atoms with Crippen LogP contribution in [0.15, 0.2) is 43.0 Å². The van der Waals surface area contributed by atoms with Crippen molar-refractivity contribution in [2.24, 2.45) is 0 Å². The summed E-state index contributed by atoms with van der Waals surface area (Å²) in [5.41, 5.74) is 2.19. The van der Waals surface area contributed by atoms with Gasteiger partial charge in [0.1, 0.15) is 5.00 Å². The van der Waals surface area contributed by atoms with Crippen LogP contribution in [0.3, 0.4) is 0 Å². The Morgan fingerprint density at radius 2 is 1.88 bits per heavy atom. The molecular weight excluding hydrogens is 436 g/mol. The lowest BCUT2D eigenvalue weighted by Crippen LogP contribution is -2.48. The van der Waals surface area contributed by atoms with Gasteiger partial charge in [-0.3, -0.25) is 14.6 Å². The molecule has 170 valence electrons. The number of rotatable bonds is 5. The number of aryl methyl sites for hydroxylation is 1. The summed E-state index contributed by atoms with van der Waals surface area (Å²) in [6, 6.07) is 5.25. The van der Waals surface area contributed by atoms with Gasteiger partial charge in [0, 0.05) is 48.8 Å². The lowest BCUT2D eigenvalue weighted by molar-refractivity contribution is 0.0933. The molecule has 2 aliphatic rings. The van der Waals surface area contributed by atoms with Gasteiger partial charge in [-0.1, -0.05) is 0 Å². The van der Waals surface area contributed by atoms with Gasteiger partial charge in [-0.25, -0.2) is 9.97 Å². The van der Waals surface area contributed by atoms with Gasteiger partial charge in [0.05, 0.1) is 11.1 Å². The maximum Gasteiger partial charge on any atom is 0.257 e. The molecule has 5 rings (SSSR count). The Morgan fingerprint density at radius 3 is 2.70 bits per heavy atom. The van der Waals surface area contributed by atoms with Crippen molar-refractivity contribution in [3.63, 3.8) is 0 Å². The molecular formula is C24H26N6O2S. The van der Waals surface area contributed by atoms with E-state index in [1.165, 1.54) is 22.4 Å². The highest BCUT2D eigenvalue weighted by molar-refractivity contribution is 7.17. The van der Waals surface area contributed by atoms with Crippen LogP contribution < -0.4 is 15.5 Å². The molecule has 0 aromatic carbocycles. The third kappa shape index (κ3) is 4.73. The van der Waals surface area contributed by atoms with Crippen LogP contribution in [0.4, 0.5) is 10.9 Å². The number of piperidine rings is 1. The van der Waals surface area contributed by atoms with Crippen LogP contribution in [-0.2, 0) is 12.8 Å². The predicted molar refractivity (Wildman–Crippen MR) is 128 cm³/mol. The molecule has 3 aromatic rings. The molecule has 9 heteroatoms. The Hall–Kier alpha value is -3.33. The lowest BCUT2D eigenvalue weighted by Gasteiger charge is -2.33. The monoisotopic (exact) mass is 462 g/mol. The van der Waals surface area contributed by atoms with Gasteiger partial charge >= 0.3 is 0 Å². The average molecular weight is 463 g/mol. The summed E-state index contributed by atoms with van der Waals surface area (Å²) in [5.74, 6) is 0.325. The number of carbonyl (C=O) groups excluding carboxylic acids is 2. The maximum atomic E-state index is 13.5. The number of nitrogens with zero attached hydrogens (tertiary/aromatic N) is 4. The number of aromatic nitrogens is 3. The second-order valence-corrected chi connectivity index (χ2v) is 9.52. The third-order valence-electron chi connectivity index (χ3n) is 6.14. The molecule has 33 heavy (non-hydrogen) atoms. The van der Waals surface area contributed by atoms with E-state index in [1.807, 2.05) is 0 Å². The van der Waals surface area contributed by atoms with E-state index in [4.69, 9.17) is 0 Å². The highest BCUT2D eigenvalue weighted by Gasteiger charge is 2.29. The summed E-state index contributed by atoms with van der Waals surface area (Å²) in [6.45, 7) is 1.54. The van der Waals surface area contributed by atoms with Crippen LogP contribution in [0.2, 0.25) is 0 Å². The second kappa shape index (κ2) is 9.66. The number of thiophene rings is 1. The van der Waals surface area contributed by atoms with Gasteiger partial charge in [0.25, 0.3) is 11.8 Å². The maximum absolute atomic E-state index is 13.5. The van der Waals surface area contributed by atoms with E-state index in [9.17, 15) is 9.59 Å². The zero-order valence-electron chi connectivity index (χ0n) is 18.3. The summed E-state index contributed by atoms with van der Waals surface area (Å²) in [5, 5.41) is 6.85. The molecule has 1 atom stereocenters. The first kappa shape index (κ1) is 21.5. The van der Waals surface area contributed by atoms with E-state index in [-0.39, 0.29) is 17.9 Å². The number of pyridine rings is 1. The molecule has 1 aliphatic carbocycles. The number of nitrogens with one attached hydrogen (secondary N) is 2. The Balaban J connectivity index is 1.36. The average Bonchev–Trinajstić information content (AvgIpc) is 3.23. The van der Waals surface area contributed by atoms with Crippen molar-refractivity contribution in [3.8, 4) is 0 Å². The van der Waals surface area contributed by atoms with Gasteiger partial charge in [0.2, 0.25) is 5.95 Å². The first-order valence-electron chi connectivity index (χ1n) is 11.4. The van der Waals surface area contributed by atoms with Crippen molar-refractivity contribution < 1.29 is 9.59 Å². The molecule has 1 unspecified atom stereocenters. The van der Waals surface area contributed by atoms with Crippen LogP contribution in [-0.4, -0.2) is 45.9 Å². The van der Waals surface area contributed by atoms with Crippen LogP contribution in [0.1, 0.15) is 56.8 Å². The van der Waals surface area contributed by atoms with Crippen LogP contribution in [0.25, 0.3) is 0 Å². The lowest BCUT2D eigenvalue weighted by atomic mass is 9.94. The van der Waals surface area contributed by atoms with Crippen molar-refractivity contribution in [2.75, 3.05) is 23.3 Å². The number of hydrogen-bond acceptors (Lipinski definition) is 7. The highest BCUT2D eigenvalue weighted by atomic mass is 32.1. The minimum Gasteiger partial charge on any atom is -0.347 e. The zero-order chi connectivity index (χ0) is 22.6. The molecule has 1 saturated heterocycles. The van der Waals surface area contributed by atoms with Crippen molar-refractivity contribution in [3.05, 3.63) is 64.6 Å². The van der Waals surface area contributed by atoms with E-state index < -0.39 is 0 Å². The number of amides is 2. The molecule has 1 fully saturated rings. The summed E-state index contributed by atoms with van der Waals surface area (Å²) >= 11 is 1.53. The van der Waals surface area contributed by atoms with Crippen molar-refractivity contribution >= 4 is 34.1 Å². The predicted octanol–water partition coefficient (Wildman–Crippen LogP) is 3.46. The first-order valence-corrected chi connectivity index (χ1v) is 12.2. The summed E-state index contributed by atoms with van der Waals surface area (Å²) < 4.78 is 0. The normalized spacial score (nSPS) is 17.8. The number of hydrogen-bond donors (Lipinski definition) is 2. The van der Waals surface area contributed by atoms with E-state index in [1.54, 1.807) is 36.8 Å². The van der Waals surface area contributed by atoms with Crippen molar-refractivity contribution in [1.29, 1.82) is 0 Å². The van der Waals surface area contributed by atoms with E-state index in [2.05, 4.69) is 30.5 Å². The zero-order valence-corrected chi connectivity index (χ0v) is 19.1. The fourth-order valence-corrected chi connectivity index (χ4v) is 5.84. The quantitative estimate of drug-likeness (QED) is 0.602. The molecule has 4 heterocycles. The fourth-order valence-electron chi connectivity index (χ4n) is 4.56. The topological polar surface area (TPSA) is 100 Å². The number of anilines is 2. The van der Waals surface area contributed by atoms with Crippen molar-refractivity contribution in [2.45, 2.75) is 44.6 Å². The Bertz CT molecular complexity index is 1130. The summed E-state index contributed by atoms with van der Waals surface area (Å²) in [4.78, 5) is 42.4. The molecule has 1 aliphatic heterocycles. The van der Waals surface area contributed by atoms with Gasteiger partial charge in [-0.2, -0.15) is 0 Å². The Kier molecular flexibility index (Phi) is 6.30. The summed E-state index contributed by atoms with van der Waals surface area (Å²) in [7, 11) is 0. The SMILES string of the molecule is O=C(Nc1sc2c(c1C(=O)NC1CCCN(c3ncccn3)C1)CCCC2)c1cccnc1. The minimum absolute atomic E-state index is 0.00364. The van der Waals surface area contributed by atoms with Gasteiger partial charge in [-0.05, 0) is 62.3 Å². The Labute approximate surface area is 196 Å². The molecule has 0 bridgehead atoms. The van der Waals surface area contributed by atoms with Gasteiger partial charge in [-0.15, -0.1) is 11.3 Å². The number of carbonyl (C=O) groups is 2. The smallest absolute Gasteiger partial charge is 0.257 e. The van der Waals surface area contributed by atoms with Crippen molar-refractivity contribution in [1.82, 2.24) is 20.3 Å². The second-order valence-electron chi connectivity index (χ2n) is 8.42. The number of fused-ring (bicyclic) bond motifs is 1. The molecule has 0 radical (unpaired) electrons. The Morgan fingerprint density at radius 1 is 1.03 bits per heavy atom. The molecule has 0 spiro atoms. The van der Waals surface area contributed by atoms with E-state index in [0.29, 0.717) is 28.6 Å². The van der Waals surface area contributed by atoms with E-state index >= 15 is 0 Å². The fraction of sp³-hybridized carbons (Fsp3) is 0.375. The van der Waals surface area contributed by atoms with Crippen LogP contribution >= 0.6 is 11.3 Å². The van der Waals surface area contributed by atoms with Crippen LogP contribution in [0, 0.1) is 0 Å². The molecule has 3 aromatic heterocycles. The largest absolute Gasteiger partial charge is 0.347 e. The van der Waals surface area contributed by atoms with Gasteiger partial charge in [0.15, 0.2) is 0 Å². The molecule has 0 saturated carbocycles. The van der Waals surface area contributed by atoms with Gasteiger partial charge < -0.3 is 15.5 Å². The molecule has 2 N–H and O–H groups in total. The highest BCUT2D eigenvalue weighted by Crippen LogP contribution is 2.38. The van der Waals surface area contributed by atoms with E-state index in [0.717, 1.165) is 50.6 Å². The van der Waals surface area contributed by atoms with Crippen LogP contribution in [0.5, 0.6) is 0 Å². The minimum atomic E-state index is -0.249. The summed E-state index contributed by atoms with van der Waals surface area (Å²) in [6.07, 6.45) is 12.5. The first-order chi connectivity index (χ1) is 16.2. The molecule has 8 nitrogen and oxygen atoms in total. The standard InChI is InChI=1S/C24H26N6O2S/c31-21(16-6-3-10-25-14-16)29-23-20(18-8-1-2-9-19(18)33-23)22(32)28-17-7-4-13-30(15-17)24-26-11-5-12-27-24/h3,5-6,10-12,14,17H,1-2,4,7-9,13,15H2,(H,28,32)(H,29,31). The molecule has 2 amide bonds. The third-order valence-corrected chi connectivity index (χ3v) is 7.35.